The zero-order chi connectivity index (χ0) is 11.7. The number of hydrogen-bond acceptors (Lipinski definition) is 4. The summed E-state index contributed by atoms with van der Waals surface area (Å²) in [6.07, 6.45) is 0. The minimum Gasteiger partial charge on any atom is -0.383 e. The van der Waals surface area contributed by atoms with Crippen molar-refractivity contribution >= 4 is 27.6 Å². The maximum atomic E-state index is 5.71. The normalized spacial score (nSPS) is 10.4. The topological polar surface area (TPSA) is 77.8 Å². The molecule has 0 spiro atoms. The van der Waals surface area contributed by atoms with Crippen LogP contribution in [0.4, 0.5) is 11.6 Å². The third kappa shape index (κ3) is 1.99. The van der Waals surface area contributed by atoms with Crippen LogP contribution in [0.2, 0.25) is 0 Å². The predicted octanol–water partition coefficient (Wildman–Crippen LogP) is 2.38. The molecule has 82 valence electrons. The smallest absolute Gasteiger partial charge is 0.163 e. The number of nitrogens with zero attached hydrogens (tertiary/aromatic N) is 2. The molecule has 0 aliphatic carbocycles. The standard InChI is InChI=1S/C11H11BrN4/c1-6-2-4-7(5-3-6)11-15-9(13)8(12)10(14)16-11/h2-5H,1H3,(H4,13,14,15,16). The lowest BCUT2D eigenvalue weighted by Gasteiger charge is -2.05. The lowest BCUT2D eigenvalue weighted by Crippen LogP contribution is -2.02. The molecular weight excluding hydrogens is 268 g/mol. The van der Waals surface area contributed by atoms with E-state index in [2.05, 4.69) is 25.9 Å². The number of anilines is 2. The van der Waals surface area contributed by atoms with Gasteiger partial charge in [0.05, 0.1) is 0 Å². The number of benzene rings is 1. The van der Waals surface area contributed by atoms with Gasteiger partial charge in [0.2, 0.25) is 0 Å². The van der Waals surface area contributed by atoms with E-state index in [1.807, 2.05) is 31.2 Å². The SMILES string of the molecule is Cc1ccc(-c2nc(N)c(Br)c(N)n2)cc1. The van der Waals surface area contributed by atoms with Crippen LogP contribution in [-0.4, -0.2) is 9.97 Å². The fraction of sp³-hybridized carbons (Fsp3) is 0.0909. The lowest BCUT2D eigenvalue weighted by atomic mass is 10.1. The molecule has 0 unspecified atom stereocenters. The van der Waals surface area contributed by atoms with Crippen LogP contribution in [-0.2, 0) is 0 Å². The Morgan fingerprint density at radius 2 is 1.50 bits per heavy atom. The number of nitrogens with two attached hydrogens (primary N) is 2. The van der Waals surface area contributed by atoms with Gasteiger partial charge in [-0.05, 0) is 22.9 Å². The van der Waals surface area contributed by atoms with Crippen LogP contribution in [0.1, 0.15) is 5.56 Å². The quantitative estimate of drug-likeness (QED) is 0.840. The van der Waals surface area contributed by atoms with Gasteiger partial charge in [-0.3, -0.25) is 0 Å². The van der Waals surface area contributed by atoms with Crippen molar-refractivity contribution in [2.45, 2.75) is 6.92 Å². The Bertz CT molecular complexity index is 499. The summed E-state index contributed by atoms with van der Waals surface area (Å²) in [6.45, 7) is 2.02. The average molecular weight is 279 g/mol. The van der Waals surface area contributed by atoms with Crippen LogP contribution < -0.4 is 11.5 Å². The van der Waals surface area contributed by atoms with E-state index in [1.165, 1.54) is 5.56 Å². The van der Waals surface area contributed by atoms with Crippen molar-refractivity contribution in [1.29, 1.82) is 0 Å². The van der Waals surface area contributed by atoms with Gasteiger partial charge in [0, 0.05) is 5.56 Å². The van der Waals surface area contributed by atoms with Crippen LogP contribution in [0, 0.1) is 6.92 Å². The molecule has 5 heteroatoms. The molecule has 0 fully saturated rings. The summed E-state index contributed by atoms with van der Waals surface area (Å²) in [4.78, 5) is 8.35. The van der Waals surface area contributed by atoms with Gasteiger partial charge in [-0.2, -0.15) is 0 Å². The first-order valence-electron chi connectivity index (χ1n) is 4.73. The van der Waals surface area contributed by atoms with Crippen molar-refractivity contribution in [3.05, 3.63) is 34.3 Å². The molecule has 0 amide bonds. The van der Waals surface area contributed by atoms with Gasteiger partial charge >= 0.3 is 0 Å². The number of aromatic nitrogens is 2. The highest BCUT2D eigenvalue weighted by Crippen LogP contribution is 2.26. The summed E-state index contributed by atoms with van der Waals surface area (Å²) in [5, 5.41) is 0. The van der Waals surface area contributed by atoms with E-state index in [1.54, 1.807) is 0 Å². The van der Waals surface area contributed by atoms with Gasteiger partial charge < -0.3 is 11.5 Å². The van der Waals surface area contributed by atoms with E-state index in [-0.39, 0.29) is 0 Å². The average Bonchev–Trinajstić information content (AvgIpc) is 2.26. The van der Waals surface area contributed by atoms with E-state index >= 15 is 0 Å². The Morgan fingerprint density at radius 1 is 1.00 bits per heavy atom. The summed E-state index contributed by atoms with van der Waals surface area (Å²) in [5.74, 6) is 1.24. The summed E-state index contributed by atoms with van der Waals surface area (Å²) in [5.41, 5.74) is 13.5. The monoisotopic (exact) mass is 278 g/mol. The molecule has 4 N–H and O–H groups in total. The molecule has 1 aromatic carbocycles. The molecule has 0 aliphatic heterocycles. The minimum atomic E-state index is 0.350. The van der Waals surface area contributed by atoms with Crippen molar-refractivity contribution in [3.8, 4) is 11.4 Å². The number of aryl methyl sites for hydroxylation is 1. The highest BCUT2D eigenvalue weighted by molar-refractivity contribution is 9.10. The Labute approximate surface area is 102 Å². The minimum absolute atomic E-state index is 0.350. The van der Waals surface area contributed by atoms with E-state index < -0.39 is 0 Å². The molecule has 2 rings (SSSR count). The van der Waals surface area contributed by atoms with Gasteiger partial charge in [-0.25, -0.2) is 9.97 Å². The van der Waals surface area contributed by atoms with Crippen molar-refractivity contribution in [3.63, 3.8) is 0 Å². The predicted molar refractivity (Wildman–Crippen MR) is 68.7 cm³/mol. The zero-order valence-electron chi connectivity index (χ0n) is 8.74. The van der Waals surface area contributed by atoms with Gasteiger partial charge in [0.1, 0.15) is 16.1 Å². The van der Waals surface area contributed by atoms with E-state index in [0.29, 0.717) is 21.9 Å². The summed E-state index contributed by atoms with van der Waals surface area (Å²) in [7, 11) is 0. The molecule has 4 nitrogen and oxygen atoms in total. The number of rotatable bonds is 1. The zero-order valence-corrected chi connectivity index (χ0v) is 10.3. The van der Waals surface area contributed by atoms with Gasteiger partial charge in [-0.1, -0.05) is 29.8 Å². The van der Waals surface area contributed by atoms with E-state index in [0.717, 1.165) is 5.56 Å². The number of nitrogen functional groups attached to an aromatic ring is 2. The van der Waals surface area contributed by atoms with Crippen LogP contribution in [0.5, 0.6) is 0 Å². The van der Waals surface area contributed by atoms with Gasteiger partial charge in [-0.15, -0.1) is 0 Å². The second-order valence-electron chi connectivity index (χ2n) is 3.50. The first-order valence-corrected chi connectivity index (χ1v) is 5.53. The first-order chi connectivity index (χ1) is 7.58. The summed E-state index contributed by atoms with van der Waals surface area (Å²) < 4.78 is 0.545. The molecule has 0 atom stereocenters. The fourth-order valence-corrected chi connectivity index (χ4v) is 1.49. The highest BCUT2D eigenvalue weighted by atomic mass is 79.9. The molecule has 1 aromatic heterocycles. The van der Waals surface area contributed by atoms with Crippen LogP contribution in [0.25, 0.3) is 11.4 Å². The van der Waals surface area contributed by atoms with Crippen LogP contribution >= 0.6 is 15.9 Å². The molecule has 0 bridgehead atoms. The fourth-order valence-electron chi connectivity index (χ4n) is 1.31. The molecule has 0 saturated carbocycles. The van der Waals surface area contributed by atoms with Crippen LogP contribution in [0.15, 0.2) is 28.7 Å². The Hall–Kier alpha value is -1.62. The number of halogens is 1. The first kappa shape index (κ1) is 10.9. The second kappa shape index (κ2) is 4.09. The van der Waals surface area contributed by atoms with Gasteiger partial charge in [0.25, 0.3) is 0 Å². The number of hydrogen-bond donors (Lipinski definition) is 2. The lowest BCUT2D eigenvalue weighted by molar-refractivity contribution is 1.18. The maximum Gasteiger partial charge on any atom is 0.163 e. The molecule has 2 aromatic rings. The third-order valence-electron chi connectivity index (χ3n) is 2.21. The van der Waals surface area contributed by atoms with Crippen molar-refractivity contribution in [2.75, 3.05) is 11.5 Å². The summed E-state index contributed by atoms with van der Waals surface area (Å²) in [6, 6.07) is 7.87. The molecule has 1 heterocycles. The van der Waals surface area contributed by atoms with E-state index in [4.69, 9.17) is 11.5 Å². The maximum absolute atomic E-state index is 5.71. The van der Waals surface area contributed by atoms with Crippen molar-refractivity contribution in [2.24, 2.45) is 0 Å². The Morgan fingerprint density at radius 3 is 2.00 bits per heavy atom. The molecule has 0 saturated heterocycles. The molecule has 0 aliphatic rings. The Balaban J connectivity index is 2.52. The van der Waals surface area contributed by atoms with Crippen molar-refractivity contribution in [1.82, 2.24) is 9.97 Å². The third-order valence-corrected chi connectivity index (χ3v) is 3.02. The second-order valence-corrected chi connectivity index (χ2v) is 4.29. The van der Waals surface area contributed by atoms with Crippen molar-refractivity contribution < 1.29 is 0 Å². The van der Waals surface area contributed by atoms with Gasteiger partial charge in [0.15, 0.2) is 5.82 Å². The highest BCUT2D eigenvalue weighted by Gasteiger charge is 2.08. The largest absolute Gasteiger partial charge is 0.383 e. The van der Waals surface area contributed by atoms with Crippen LogP contribution in [0.3, 0.4) is 0 Å². The Kier molecular flexibility index (Phi) is 2.78. The molecule has 0 radical (unpaired) electrons. The molecule has 16 heavy (non-hydrogen) atoms. The summed E-state index contributed by atoms with van der Waals surface area (Å²) >= 11 is 3.22. The van der Waals surface area contributed by atoms with E-state index in [9.17, 15) is 0 Å². The molecular formula is C11H11BrN4.